The van der Waals surface area contributed by atoms with Gasteiger partial charge in [0.15, 0.2) is 0 Å². The number of aromatic hydroxyl groups is 1. The van der Waals surface area contributed by atoms with E-state index in [1.165, 1.54) is 12.1 Å². The fourth-order valence-corrected chi connectivity index (χ4v) is 0.956. The fraction of sp³-hybridized carbons (Fsp3) is 0.200. The summed E-state index contributed by atoms with van der Waals surface area (Å²) in [7, 11) is 0. The zero-order chi connectivity index (χ0) is 9.84. The second-order valence-electron chi connectivity index (χ2n) is 2.57. The molecule has 0 aliphatic carbocycles. The van der Waals surface area contributed by atoms with Crippen molar-refractivity contribution in [2.75, 3.05) is 6.61 Å². The van der Waals surface area contributed by atoms with Gasteiger partial charge < -0.3 is 9.84 Å². The van der Waals surface area contributed by atoms with Crippen molar-refractivity contribution in [1.82, 2.24) is 0 Å². The minimum Gasteiger partial charge on any atom is -0.507 e. The second-order valence-corrected chi connectivity index (χ2v) is 2.57. The predicted molar refractivity (Wildman–Crippen MR) is 48.5 cm³/mol. The third kappa shape index (κ3) is 2.21. The Bertz CT molecular complexity index is 318. The van der Waals surface area contributed by atoms with Gasteiger partial charge in [-0.25, -0.2) is 4.79 Å². The largest absolute Gasteiger partial charge is 0.507 e. The van der Waals surface area contributed by atoms with Gasteiger partial charge in [0, 0.05) is 0 Å². The first-order valence-electron chi connectivity index (χ1n) is 3.97. The highest BCUT2D eigenvalue weighted by molar-refractivity contribution is 5.92. The van der Waals surface area contributed by atoms with Crippen LogP contribution in [0.15, 0.2) is 18.2 Å². The van der Waals surface area contributed by atoms with E-state index in [4.69, 9.17) is 4.74 Å². The van der Waals surface area contributed by atoms with E-state index in [0.29, 0.717) is 12.2 Å². The van der Waals surface area contributed by atoms with Crippen molar-refractivity contribution >= 4 is 5.97 Å². The molecule has 0 aromatic heterocycles. The second kappa shape index (κ2) is 3.94. The Kier molecular flexibility index (Phi) is 2.90. The van der Waals surface area contributed by atoms with E-state index in [0.717, 1.165) is 0 Å². The van der Waals surface area contributed by atoms with Crippen LogP contribution in [0.2, 0.25) is 0 Å². The molecule has 0 saturated carbocycles. The molecule has 3 heteroatoms. The van der Waals surface area contributed by atoms with E-state index < -0.39 is 5.97 Å². The summed E-state index contributed by atoms with van der Waals surface area (Å²) < 4.78 is 4.74. The number of ether oxygens (including phenoxy) is 1. The summed E-state index contributed by atoms with van der Waals surface area (Å²) in [5.41, 5.74) is 0.829. The van der Waals surface area contributed by atoms with Crippen molar-refractivity contribution in [2.24, 2.45) is 0 Å². The molecule has 0 heterocycles. The van der Waals surface area contributed by atoms with Crippen LogP contribution in [0, 0.1) is 6.92 Å². The first-order valence-corrected chi connectivity index (χ1v) is 3.97. The van der Waals surface area contributed by atoms with E-state index in [2.05, 4.69) is 6.92 Å². The molecule has 1 N–H and O–H groups in total. The summed E-state index contributed by atoms with van der Waals surface area (Å²) in [6.07, 6.45) is 0. The summed E-state index contributed by atoms with van der Waals surface area (Å²) in [5, 5.41) is 9.30. The molecular formula is C10H11O3. The highest BCUT2D eigenvalue weighted by atomic mass is 16.5. The van der Waals surface area contributed by atoms with E-state index in [-0.39, 0.29) is 11.3 Å². The quantitative estimate of drug-likeness (QED) is 0.703. The van der Waals surface area contributed by atoms with Gasteiger partial charge in [0.2, 0.25) is 0 Å². The van der Waals surface area contributed by atoms with Crippen molar-refractivity contribution < 1.29 is 14.6 Å². The molecular weight excluding hydrogens is 168 g/mol. The molecule has 0 amide bonds. The number of hydrogen-bond donors (Lipinski definition) is 1. The molecule has 0 saturated heterocycles. The zero-order valence-corrected chi connectivity index (χ0v) is 7.41. The minimum atomic E-state index is -0.523. The zero-order valence-electron chi connectivity index (χ0n) is 7.41. The van der Waals surface area contributed by atoms with Crippen molar-refractivity contribution in [2.45, 2.75) is 6.92 Å². The summed E-state index contributed by atoms with van der Waals surface area (Å²) in [5.74, 6) is -0.601. The van der Waals surface area contributed by atoms with Gasteiger partial charge in [0.1, 0.15) is 11.3 Å². The van der Waals surface area contributed by atoms with Crippen molar-refractivity contribution in [3.05, 3.63) is 36.2 Å². The van der Waals surface area contributed by atoms with E-state index in [1.807, 2.05) is 0 Å². The lowest BCUT2D eigenvalue weighted by molar-refractivity contribution is 0.0523. The highest BCUT2D eigenvalue weighted by Gasteiger charge is 2.11. The number of carbonyl (C=O) groups is 1. The molecule has 0 aliphatic rings. The van der Waals surface area contributed by atoms with Crippen molar-refractivity contribution in [3.63, 3.8) is 0 Å². The van der Waals surface area contributed by atoms with Crippen LogP contribution in [0.1, 0.15) is 22.8 Å². The molecule has 3 nitrogen and oxygen atoms in total. The molecule has 0 unspecified atom stereocenters. The first kappa shape index (κ1) is 9.58. The van der Waals surface area contributed by atoms with Gasteiger partial charge >= 0.3 is 5.97 Å². The predicted octanol–water partition coefficient (Wildman–Crippen LogP) is 1.75. The molecule has 0 spiro atoms. The summed E-state index contributed by atoms with van der Waals surface area (Å²) in [6, 6.07) is 4.54. The van der Waals surface area contributed by atoms with Crippen LogP contribution < -0.4 is 0 Å². The normalized spacial score (nSPS) is 9.69. The monoisotopic (exact) mass is 179 g/mol. The first-order chi connectivity index (χ1) is 6.15. The van der Waals surface area contributed by atoms with Gasteiger partial charge in [-0.05, 0) is 31.5 Å². The van der Waals surface area contributed by atoms with Crippen LogP contribution in [0.3, 0.4) is 0 Å². The third-order valence-electron chi connectivity index (χ3n) is 1.56. The number of phenolic OH excluding ortho intramolecular Hbond substituents is 1. The van der Waals surface area contributed by atoms with Crippen molar-refractivity contribution in [1.29, 1.82) is 0 Å². The Morgan fingerprint density at radius 1 is 1.62 bits per heavy atom. The Hall–Kier alpha value is -1.51. The molecule has 0 atom stereocenters. The molecule has 0 aliphatic heterocycles. The van der Waals surface area contributed by atoms with Crippen LogP contribution in [0.4, 0.5) is 0 Å². The fourth-order valence-electron chi connectivity index (χ4n) is 0.956. The topological polar surface area (TPSA) is 46.5 Å². The van der Waals surface area contributed by atoms with Gasteiger partial charge in [0.05, 0.1) is 6.61 Å². The molecule has 1 radical (unpaired) electrons. The van der Waals surface area contributed by atoms with Crippen LogP contribution >= 0.6 is 0 Å². The number of rotatable bonds is 2. The molecule has 1 aromatic carbocycles. The third-order valence-corrected chi connectivity index (χ3v) is 1.56. The van der Waals surface area contributed by atoms with Crippen molar-refractivity contribution in [3.8, 4) is 5.75 Å². The van der Waals surface area contributed by atoms with Gasteiger partial charge in [-0.3, -0.25) is 0 Å². The maximum absolute atomic E-state index is 11.2. The molecule has 13 heavy (non-hydrogen) atoms. The van der Waals surface area contributed by atoms with Gasteiger partial charge in [0.25, 0.3) is 0 Å². The molecule has 69 valence electrons. The summed E-state index contributed by atoms with van der Waals surface area (Å²) in [4.78, 5) is 11.2. The molecule has 0 fully saturated rings. The Balaban J connectivity index is 2.99. The number of hydrogen-bond acceptors (Lipinski definition) is 3. The Morgan fingerprint density at radius 2 is 2.31 bits per heavy atom. The number of carbonyl (C=O) groups excluding carboxylic acids is 1. The molecule has 1 aromatic rings. The van der Waals surface area contributed by atoms with E-state index >= 15 is 0 Å². The minimum absolute atomic E-state index is 0.0779. The molecule has 1 rings (SSSR count). The number of esters is 1. The van der Waals surface area contributed by atoms with Gasteiger partial charge in [-0.2, -0.15) is 0 Å². The van der Waals surface area contributed by atoms with Crippen LogP contribution in [-0.2, 0) is 4.74 Å². The van der Waals surface area contributed by atoms with Crippen LogP contribution in [-0.4, -0.2) is 17.7 Å². The van der Waals surface area contributed by atoms with Crippen LogP contribution in [0.25, 0.3) is 0 Å². The van der Waals surface area contributed by atoms with E-state index in [9.17, 15) is 9.90 Å². The average Bonchev–Trinajstić information content (AvgIpc) is 2.09. The van der Waals surface area contributed by atoms with Gasteiger partial charge in [-0.15, -0.1) is 0 Å². The Labute approximate surface area is 77.0 Å². The Morgan fingerprint density at radius 3 is 2.92 bits per heavy atom. The summed E-state index contributed by atoms with van der Waals surface area (Å²) in [6.45, 7) is 5.65. The lowest BCUT2D eigenvalue weighted by Gasteiger charge is -2.04. The number of benzene rings is 1. The van der Waals surface area contributed by atoms with Gasteiger partial charge in [-0.1, -0.05) is 6.07 Å². The van der Waals surface area contributed by atoms with E-state index in [1.54, 1.807) is 13.0 Å². The summed E-state index contributed by atoms with van der Waals surface area (Å²) >= 11 is 0. The maximum atomic E-state index is 11.2. The highest BCUT2D eigenvalue weighted by Crippen LogP contribution is 2.18. The smallest absolute Gasteiger partial charge is 0.341 e. The average molecular weight is 179 g/mol. The maximum Gasteiger partial charge on any atom is 0.341 e. The standard InChI is InChI=1S/C10H11O3/c1-3-13-10(12)8-6-7(2)4-5-9(8)11/h4-6,11H,2-3H2,1H3. The molecule has 0 bridgehead atoms. The lowest BCUT2D eigenvalue weighted by Crippen LogP contribution is -2.04. The number of phenols is 1. The lowest BCUT2D eigenvalue weighted by atomic mass is 10.1. The van der Waals surface area contributed by atoms with Crippen LogP contribution in [0.5, 0.6) is 5.75 Å². The SMILES string of the molecule is [CH2]c1ccc(O)c(C(=O)OCC)c1.